The molecule has 1 saturated heterocycles. The number of hydrogen-bond acceptors (Lipinski definition) is 3. The molecule has 1 fully saturated rings. The highest BCUT2D eigenvalue weighted by atomic mass is 35.5. The first-order valence-corrected chi connectivity index (χ1v) is 8.34. The van der Waals surface area contributed by atoms with E-state index in [0.29, 0.717) is 0 Å². The van der Waals surface area contributed by atoms with Gasteiger partial charge in [-0.25, -0.2) is 0 Å². The van der Waals surface area contributed by atoms with Crippen LogP contribution in [0.15, 0.2) is 36.4 Å². The molecule has 106 valence electrons. The maximum absolute atomic E-state index is 5.93. The van der Waals surface area contributed by atoms with E-state index in [1.165, 1.54) is 42.9 Å². The molecule has 2 aromatic rings. The van der Waals surface area contributed by atoms with Gasteiger partial charge in [0.25, 0.3) is 0 Å². The largest absolute Gasteiger partial charge is 0.380 e. The number of piperidine rings is 1. The second-order valence-electron chi connectivity index (χ2n) is 5.15. The molecule has 1 aromatic carbocycles. The molecule has 3 rings (SSSR count). The fraction of sp³-hybridized carbons (Fsp3) is 0.375. The number of anilines is 2. The Hall–Kier alpha value is -1.19. The van der Waals surface area contributed by atoms with E-state index in [9.17, 15) is 0 Å². The normalized spacial score (nSPS) is 15.3. The van der Waals surface area contributed by atoms with E-state index in [0.717, 1.165) is 16.6 Å². The first kappa shape index (κ1) is 13.8. The Bertz CT molecular complexity index is 544. The Kier molecular flexibility index (Phi) is 4.48. The van der Waals surface area contributed by atoms with Gasteiger partial charge >= 0.3 is 0 Å². The summed E-state index contributed by atoms with van der Waals surface area (Å²) in [7, 11) is 0. The Labute approximate surface area is 129 Å². The maximum atomic E-state index is 5.93. The number of benzene rings is 1. The van der Waals surface area contributed by atoms with E-state index in [1.54, 1.807) is 11.3 Å². The van der Waals surface area contributed by atoms with Crippen molar-refractivity contribution in [2.45, 2.75) is 25.8 Å². The van der Waals surface area contributed by atoms with Crippen molar-refractivity contribution < 1.29 is 0 Å². The molecule has 0 atom stereocenters. The Balaban J connectivity index is 1.58. The average molecular weight is 307 g/mol. The van der Waals surface area contributed by atoms with Crippen molar-refractivity contribution in [2.75, 3.05) is 23.3 Å². The zero-order chi connectivity index (χ0) is 13.8. The van der Waals surface area contributed by atoms with Gasteiger partial charge in [-0.3, -0.25) is 0 Å². The fourth-order valence-electron chi connectivity index (χ4n) is 2.58. The summed E-state index contributed by atoms with van der Waals surface area (Å²) in [6, 6.07) is 12.8. The number of nitrogens with one attached hydrogen (secondary N) is 1. The predicted octanol–water partition coefficient (Wildman–Crippen LogP) is 5.00. The third kappa shape index (κ3) is 3.47. The van der Waals surface area contributed by atoms with Crippen LogP contribution < -0.4 is 10.2 Å². The average Bonchev–Trinajstić information content (AvgIpc) is 2.92. The number of rotatable bonds is 4. The summed E-state index contributed by atoms with van der Waals surface area (Å²) in [5, 5.41) is 3.44. The van der Waals surface area contributed by atoms with E-state index in [1.807, 2.05) is 6.07 Å². The van der Waals surface area contributed by atoms with Gasteiger partial charge < -0.3 is 10.2 Å². The third-order valence-corrected chi connectivity index (χ3v) is 4.92. The Morgan fingerprint density at radius 3 is 2.40 bits per heavy atom. The first-order chi connectivity index (χ1) is 9.81. The summed E-state index contributed by atoms with van der Waals surface area (Å²) in [4.78, 5) is 3.74. The lowest BCUT2D eigenvalue weighted by atomic mass is 10.1. The summed E-state index contributed by atoms with van der Waals surface area (Å²) in [6.07, 6.45) is 4.01. The van der Waals surface area contributed by atoms with Crippen LogP contribution in [0.2, 0.25) is 4.34 Å². The van der Waals surface area contributed by atoms with E-state index < -0.39 is 0 Å². The number of nitrogens with zero attached hydrogens (tertiary/aromatic N) is 1. The van der Waals surface area contributed by atoms with Crippen molar-refractivity contribution in [3.05, 3.63) is 45.6 Å². The van der Waals surface area contributed by atoms with Gasteiger partial charge in [-0.15, -0.1) is 11.3 Å². The van der Waals surface area contributed by atoms with Crippen LogP contribution in [0.4, 0.5) is 11.4 Å². The Morgan fingerprint density at radius 2 is 1.75 bits per heavy atom. The van der Waals surface area contributed by atoms with Crippen LogP contribution in [0.3, 0.4) is 0 Å². The van der Waals surface area contributed by atoms with Crippen LogP contribution >= 0.6 is 22.9 Å². The molecule has 0 amide bonds. The van der Waals surface area contributed by atoms with Gasteiger partial charge in [-0.05, 0) is 55.7 Å². The van der Waals surface area contributed by atoms with Gasteiger partial charge in [-0.1, -0.05) is 11.6 Å². The highest BCUT2D eigenvalue weighted by Gasteiger charge is 2.10. The minimum Gasteiger partial charge on any atom is -0.380 e. The van der Waals surface area contributed by atoms with Crippen molar-refractivity contribution >= 4 is 34.3 Å². The van der Waals surface area contributed by atoms with E-state index in [-0.39, 0.29) is 0 Å². The van der Waals surface area contributed by atoms with Crippen LogP contribution in [0.25, 0.3) is 0 Å². The molecule has 1 aliphatic rings. The second kappa shape index (κ2) is 6.51. The lowest BCUT2D eigenvalue weighted by molar-refractivity contribution is 0.578. The third-order valence-electron chi connectivity index (χ3n) is 3.68. The van der Waals surface area contributed by atoms with Gasteiger partial charge in [0.2, 0.25) is 0 Å². The SMILES string of the molecule is Clc1ccc(CNc2ccc(N3CCCCC3)cc2)s1. The smallest absolute Gasteiger partial charge is 0.0931 e. The molecule has 0 saturated carbocycles. The van der Waals surface area contributed by atoms with Gasteiger partial charge in [-0.2, -0.15) is 0 Å². The summed E-state index contributed by atoms with van der Waals surface area (Å²) in [5.41, 5.74) is 2.50. The predicted molar refractivity (Wildman–Crippen MR) is 89.2 cm³/mol. The standard InChI is InChI=1S/C16H19ClN2S/c17-16-9-8-15(20-16)12-18-13-4-6-14(7-5-13)19-10-2-1-3-11-19/h4-9,18H,1-3,10-12H2. The fourth-order valence-corrected chi connectivity index (χ4v) is 3.61. The molecule has 0 spiro atoms. The molecule has 0 unspecified atom stereocenters. The van der Waals surface area contributed by atoms with Crippen molar-refractivity contribution in [3.63, 3.8) is 0 Å². The van der Waals surface area contributed by atoms with E-state index in [2.05, 4.69) is 40.5 Å². The second-order valence-corrected chi connectivity index (χ2v) is 6.95. The molecule has 2 nitrogen and oxygen atoms in total. The van der Waals surface area contributed by atoms with E-state index >= 15 is 0 Å². The van der Waals surface area contributed by atoms with Gasteiger partial charge in [0.05, 0.1) is 4.34 Å². The lowest BCUT2D eigenvalue weighted by Gasteiger charge is -2.28. The van der Waals surface area contributed by atoms with Crippen molar-refractivity contribution in [2.24, 2.45) is 0 Å². The molecule has 4 heteroatoms. The summed E-state index contributed by atoms with van der Waals surface area (Å²) >= 11 is 7.56. The van der Waals surface area contributed by atoms with Crippen LogP contribution in [0.5, 0.6) is 0 Å². The van der Waals surface area contributed by atoms with Crippen LogP contribution in [-0.2, 0) is 6.54 Å². The van der Waals surface area contributed by atoms with Gasteiger partial charge in [0.1, 0.15) is 0 Å². The first-order valence-electron chi connectivity index (χ1n) is 7.14. The molecule has 0 bridgehead atoms. The molecule has 1 aliphatic heterocycles. The number of hydrogen-bond donors (Lipinski definition) is 1. The molecule has 0 radical (unpaired) electrons. The topological polar surface area (TPSA) is 15.3 Å². The van der Waals surface area contributed by atoms with Crippen LogP contribution in [0, 0.1) is 0 Å². The zero-order valence-corrected chi connectivity index (χ0v) is 13.0. The molecular formula is C16H19ClN2S. The molecule has 2 heterocycles. The molecular weight excluding hydrogens is 288 g/mol. The zero-order valence-electron chi connectivity index (χ0n) is 11.4. The minimum absolute atomic E-state index is 0.834. The summed E-state index contributed by atoms with van der Waals surface area (Å²) in [6.45, 7) is 3.22. The van der Waals surface area contributed by atoms with Gasteiger partial charge in [0.15, 0.2) is 0 Å². The maximum Gasteiger partial charge on any atom is 0.0931 e. The Morgan fingerprint density at radius 1 is 1.00 bits per heavy atom. The van der Waals surface area contributed by atoms with Crippen LogP contribution in [-0.4, -0.2) is 13.1 Å². The lowest BCUT2D eigenvalue weighted by Crippen LogP contribution is -2.29. The van der Waals surface area contributed by atoms with Crippen molar-refractivity contribution in [3.8, 4) is 0 Å². The molecule has 0 aliphatic carbocycles. The summed E-state index contributed by atoms with van der Waals surface area (Å²) < 4.78 is 0.849. The number of thiophene rings is 1. The quantitative estimate of drug-likeness (QED) is 0.854. The van der Waals surface area contributed by atoms with E-state index in [4.69, 9.17) is 11.6 Å². The molecule has 1 N–H and O–H groups in total. The minimum atomic E-state index is 0.834. The monoisotopic (exact) mass is 306 g/mol. The van der Waals surface area contributed by atoms with Crippen LogP contribution in [0.1, 0.15) is 24.1 Å². The molecule has 20 heavy (non-hydrogen) atoms. The highest BCUT2D eigenvalue weighted by Crippen LogP contribution is 2.24. The molecule has 1 aromatic heterocycles. The summed E-state index contributed by atoms with van der Waals surface area (Å²) in [5.74, 6) is 0. The van der Waals surface area contributed by atoms with Gasteiger partial charge in [0, 0.05) is 35.9 Å². The highest BCUT2D eigenvalue weighted by molar-refractivity contribution is 7.16. The number of halogens is 1. The van der Waals surface area contributed by atoms with Crippen molar-refractivity contribution in [1.29, 1.82) is 0 Å². The van der Waals surface area contributed by atoms with Crippen molar-refractivity contribution in [1.82, 2.24) is 0 Å².